The van der Waals surface area contributed by atoms with Gasteiger partial charge in [-0.05, 0) is 44.1 Å². The highest BCUT2D eigenvalue weighted by molar-refractivity contribution is 5.88. The molecule has 1 aliphatic carbocycles. The third kappa shape index (κ3) is 5.70. The second-order valence-electron chi connectivity index (χ2n) is 7.40. The van der Waals surface area contributed by atoms with E-state index in [1.807, 2.05) is 30.3 Å². The second-order valence-corrected chi connectivity index (χ2v) is 7.40. The lowest BCUT2D eigenvalue weighted by Gasteiger charge is -2.27. The monoisotopic (exact) mass is 373 g/mol. The van der Waals surface area contributed by atoms with Gasteiger partial charge in [-0.3, -0.25) is 9.59 Å². The van der Waals surface area contributed by atoms with Gasteiger partial charge in [-0.15, -0.1) is 0 Å². The number of hydrogen-bond donors (Lipinski definition) is 3. The van der Waals surface area contributed by atoms with Crippen LogP contribution in [0.15, 0.2) is 30.3 Å². The van der Waals surface area contributed by atoms with Gasteiger partial charge >= 0.3 is 12.0 Å². The van der Waals surface area contributed by atoms with E-state index in [0.717, 1.165) is 24.8 Å². The Balaban J connectivity index is 1.61. The Hall–Kier alpha value is -2.57. The summed E-state index contributed by atoms with van der Waals surface area (Å²) in [5.74, 6) is -0.958. The fourth-order valence-corrected chi connectivity index (χ4v) is 3.49. The van der Waals surface area contributed by atoms with Crippen LogP contribution >= 0.6 is 0 Å². The lowest BCUT2D eigenvalue weighted by molar-refractivity contribution is -0.137. The summed E-state index contributed by atoms with van der Waals surface area (Å²) in [5, 5.41) is 14.9. The maximum Gasteiger partial charge on any atom is 0.318 e. The number of amides is 3. The number of likely N-dealkylation sites (tertiary alicyclic amines) is 1. The summed E-state index contributed by atoms with van der Waals surface area (Å²) >= 11 is 0. The Bertz CT molecular complexity index is 675. The van der Waals surface area contributed by atoms with Crippen LogP contribution in [0.5, 0.6) is 0 Å². The molecule has 0 aromatic heterocycles. The Morgan fingerprint density at radius 2 is 1.89 bits per heavy atom. The average molecular weight is 373 g/mol. The van der Waals surface area contributed by atoms with E-state index in [4.69, 9.17) is 5.11 Å². The SMILES string of the molecule is O=C(O)CCC(Cc1ccccc1)NC(=O)N1CCCC1C(=O)NC1CC1. The van der Waals surface area contributed by atoms with Crippen molar-refractivity contribution in [2.24, 2.45) is 0 Å². The molecule has 7 nitrogen and oxygen atoms in total. The van der Waals surface area contributed by atoms with Gasteiger partial charge < -0.3 is 20.6 Å². The van der Waals surface area contributed by atoms with Gasteiger partial charge in [-0.2, -0.15) is 0 Å². The Kier molecular flexibility index (Phi) is 6.32. The number of nitrogens with zero attached hydrogens (tertiary/aromatic N) is 1. The topological polar surface area (TPSA) is 98.7 Å². The molecule has 0 radical (unpaired) electrons. The van der Waals surface area contributed by atoms with Crippen LogP contribution in [0.1, 0.15) is 44.1 Å². The second kappa shape index (κ2) is 8.88. The van der Waals surface area contributed by atoms with Gasteiger partial charge in [0.1, 0.15) is 6.04 Å². The quantitative estimate of drug-likeness (QED) is 0.648. The lowest BCUT2D eigenvalue weighted by atomic mass is 10.0. The summed E-state index contributed by atoms with van der Waals surface area (Å²) in [6, 6.07) is 8.95. The van der Waals surface area contributed by atoms with Crippen LogP contribution in [0.25, 0.3) is 0 Å². The summed E-state index contributed by atoms with van der Waals surface area (Å²) in [6.07, 6.45) is 4.40. The maximum atomic E-state index is 12.8. The van der Waals surface area contributed by atoms with Gasteiger partial charge in [0.15, 0.2) is 0 Å². The number of urea groups is 1. The first-order chi connectivity index (χ1) is 13.0. The largest absolute Gasteiger partial charge is 0.481 e. The summed E-state index contributed by atoms with van der Waals surface area (Å²) < 4.78 is 0. The van der Waals surface area contributed by atoms with E-state index in [-0.39, 0.29) is 30.4 Å². The molecular formula is C20H27N3O4. The minimum Gasteiger partial charge on any atom is -0.481 e. The maximum absolute atomic E-state index is 12.8. The molecule has 2 atom stereocenters. The van der Waals surface area contributed by atoms with Crippen LogP contribution in [-0.4, -0.2) is 52.6 Å². The molecular weight excluding hydrogens is 346 g/mol. The minimum atomic E-state index is -0.884. The zero-order chi connectivity index (χ0) is 19.2. The molecule has 1 heterocycles. The van der Waals surface area contributed by atoms with Crippen molar-refractivity contribution in [1.29, 1.82) is 0 Å². The third-order valence-corrected chi connectivity index (χ3v) is 5.10. The highest BCUT2D eigenvalue weighted by Crippen LogP contribution is 2.22. The van der Waals surface area contributed by atoms with Crippen molar-refractivity contribution >= 4 is 17.9 Å². The Morgan fingerprint density at radius 3 is 2.56 bits per heavy atom. The summed E-state index contributed by atoms with van der Waals surface area (Å²) in [5.41, 5.74) is 1.04. The van der Waals surface area contributed by atoms with Crippen LogP contribution < -0.4 is 10.6 Å². The van der Waals surface area contributed by atoms with Gasteiger partial charge in [0.05, 0.1) is 0 Å². The number of benzene rings is 1. The van der Waals surface area contributed by atoms with E-state index in [0.29, 0.717) is 25.8 Å². The predicted octanol–water partition coefficient (Wildman–Crippen LogP) is 1.92. The van der Waals surface area contributed by atoms with E-state index < -0.39 is 12.0 Å². The third-order valence-electron chi connectivity index (χ3n) is 5.10. The molecule has 3 amide bonds. The molecule has 7 heteroatoms. The average Bonchev–Trinajstić information content (AvgIpc) is 3.31. The number of aliphatic carboxylic acids is 1. The first-order valence-electron chi connectivity index (χ1n) is 9.66. The smallest absolute Gasteiger partial charge is 0.318 e. The zero-order valence-corrected chi connectivity index (χ0v) is 15.4. The van der Waals surface area contributed by atoms with E-state index in [1.54, 1.807) is 4.90 Å². The number of carboxylic acids is 1. The van der Waals surface area contributed by atoms with Crippen molar-refractivity contribution in [2.45, 2.75) is 63.1 Å². The van der Waals surface area contributed by atoms with Crippen molar-refractivity contribution < 1.29 is 19.5 Å². The number of carbonyl (C=O) groups is 3. The lowest BCUT2D eigenvalue weighted by Crippen LogP contribution is -2.52. The molecule has 3 rings (SSSR count). The molecule has 1 aromatic carbocycles. The molecule has 3 N–H and O–H groups in total. The van der Waals surface area contributed by atoms with E-state index in [9.17, 15) is 14.4 Å². The number of carbonyl (C=O) groups excluding carboxylic acids is 2. The summed E-state index contributed by atoms with van der Waals surface area (Å²) in [4.78, 5) is 37.8. The molecule has 1 saturated carbocycles. The van der Waals surface area contributed by atoms with Gasteiger partial charge in [-0.1, -0.05) is 30.3 Å². The van der Waals surface area contributed by atoms with Crippen molar-refractivity contribution in [3.63, 3.8) is 0 Å². The number of nitrogens with one attached hydrogen (secondary N) is 2. The minimum absolute atomic E-state index is 0.0105. The Labute approximate surface area is 159 Å². The number of rotatable bonds is 8. The van der Waals surface area contributed by atoms with Gasteiger partial charge in [0.2, 0.25) is 5.91 Å². The van der Waals surface area contributed by atoms with Crippen LogP contribution in [0, 0.1) is 0 Å². The normalized spacial score (nSPS) is 20.1. The Morgan fingerprint density at radius 1 is 1.15 bits per heavy atom. The van der Waals surface area contributed by atoms with Crippen LogP contribution in [0.2, 0.25) is 0 Å². The summed E-state index contributed by atoms with van der Waals surface area (Å²) in [6.45, 7) is 0.547. The fraction of sp³-hybridized carbons (Fsp3) is 0.550. The zero-order valence-electron chi connectivity index (χ0n) is 15.4. The highest BCUT2D eigenvalue weighted by atomic mass is 16.4. The fourth-order valence-electron chi connectivity index (χ4n) is 3.49. The van der Waals surface area contributed by atoms with E-state index in [1.165, 1.54) is 0 Å². The van der Waals surface area contributed by atoms with Gasteiger partial charge in [-0.25, -0.2) is 4.79 Å². The molecule has 2 fully saturated rings. The molecule has 2 unspecified atom stereocenters. The standard InChI is InChI=1S/C20H27N3O4/c24-18(25)11-10-16(13-14-5-2-1-3-6-14)22-20(27)23-12-4-7-17(23)19(26)21-15-8-9-15/h1-3,5-6,15-17H,4,7-13H2,(H,21,26)(H,22,27)(H,24,25). The van der Waals surface area contributed by atoms with Crippen molar-refractivity contribution in [2.75, 3.05) is 6.54 Å². The van der Waals surface area contributed by atoms with Crippen molar-refractivity contribution in [3.05, 3.63) is 35.9 Å². The van der Waals surface area contributed by atoms with Gasteiger partial charge in [0.25, 0.3) is 0 Å². The van der Waals surface area contributed by atoms with Crippen molar-refractivity contribution in [3.8, 4) is 0 Å². The van der Waals surface area contributed by atoms with Crippen LogP contribution in [0.3, 0.4) is 0 Å². The molecule has 1 aromatic rings. The van der Waals surface area contributed by atoms with Crippen LogP contribution in [0.4, 0.5) is 4.79 Å². The van der Waals surface area contributed by atoms with E-state index in [2.05, 4.69) is 10.6 Å². The molecule has 2 aliphatic rings. The molecule has 27 heavy (non-hydrogen) atoms. The number of hydrogen-bond acceptors (Lipinski definition) is 3. The molecule has 0 bridgehead atoms. The molecule has 1 saturated heterocycles. The highest BCUT2D eigenvalue weighted by Gasteiger charge is 2.37. The first-order valence-corrected chi connectivity index (χ1v) is 9.66. The molecule has 146 valence electrons. The van der Waals surface area contributed by atoms with Crippen LogP contribution in [-0.2, 0) is 16.0 Å². The number of carboxylic acid groups (broad SMARTS) is 1. The predicted molar refractivity (Wildman–Crippen MR) is 100 cm³/mol. The van der Waals surface area contributed by atoms with E-state index >= 15 is 0 Å². The first kappa shape index (κ1) is 19.2. The van der Waals surface area contributed by atoms with Gasteiger partial charge in [0, 0.05) is 25.0 Å². The summed E-state index contributed by atoms with van der Waals surface area (Å²) in [7, 11) is 0. The molecule has 0 spiro atoms. The van der Waals surface area contributed by atoms with Crippen molar-refractivity contribution in [1.82, 2.24) is 15.5 Å². The molecule has 1 aliphatic heterocycles.